The van der Waals surface area contributed by atoms with E-state index in [1.54, 1.807) is 25.1 Å². The highest BCUT2D eigenvalue weighted by molar-refractivity contribution is 7.99. The summed E-state index contributed by atoms with van der Waals surface area (Å²) in [6.45, 7) is 5.12. The van der Waals surface area contributed by atoms with Gasteiger partial charge in [-0.05, 0) is 79.6 Å². The molecular formula is C28H34N4O2S. The number of hydrogen-bond donors (Lipinski definition) is 1. The van der Waals surface area contributed by atoms with Gasteiger partial charge in [-0.15, -0.1) is 0 Å². The summed E-state index contributed by atoms with van der Waals surface area (Å²) in [6.07, 6.45) is 7.72. The SMILES string of the molecule is CO[C@H]1[C@H](NC(=O)CSC)c2ccccc2C12CCN(Cc1ccc(-n3cccn3)cc1C)CC2. The number of methoxy groups -OCH3 is 1. The lowest BCUT2D eigenvalue weighted by molar-refractivity contribution is -0.121. The number of amides is 1. The van der Waals surface area contributed by atoms with E-state index in [2.05, 4.69) is 64.7 Å². The van der Waals surface area contributed by atoms with Crippen molar-refractivity contribution in [2.24, 2.45) is 0 Å². The number of likely N-dealkylation sites (tertiary alicyclic amines) is 1. The highest BCUT2D eigenvalue weighted by atomic mass is 32.2. The molecule has 0 bridgehead atoms. The van der Waals surface area contributed by atoms with Crippen LogP contribution < -0.4 is 5.32 Å². The fraction of sp³-hybridized carbons (Fsp3) is 0.429. The zero-order valence-corrected chi connectivity index (χ0v) is 21.6. The van der Waals surface area contributed by atoms with Crippen LogP contribution in [0.5, 0.6) is 0 Å². The third kappa shape index (κ3) is 4.53. The van der Waals surface area contributed by atoms with Crippen LogP contribution in [0.4, 0.5) is 0 Å². The number of aromatic nitrogens is 2. The zero-order chi connectivity index (χ0) is 24.4. The van der Waals surface area contributed by atoms with Crippen LogP contribution in [-0.4, -0.2) is 58.9 Å². The van der Waals surface area contributed by atoms with Gasteiger partial charge in [0.1, 0.15) is 0 Å². The minimum absolute atomic E-state index is 0.0528. The van der Waals surface area contributed by atoms with Gasteiger partial charge in [0.25, 0.3) is 0 Å². The van der Waals surface area contributed by atoms with E-state index in [-0.39, 0.29) is 23.5 Å². The van der Waals surface area contributed by atoms with Gasteiger partial charge in [0.2, 0.25) is 5.91 Å². The molecule has 1 spiro atoms. The predicted molar refractivity (Wildman–Crippen MR) is 141 cm³/mol. The van der Waals surface area contributed by atoms with E-state index in [0.717, 1.165) is 38.2 Å². The maximum atomic E-state index is 12.5. The van der Waals surface area contributed by atoms with Crippen molar-refractivity contribution < 1.29 is 9.53 Å². The monoisotopic (exact) mass is 490 g/mol. The number of nitrogens with one attached hydrogen (secondary N) is 1. The molecule has 1 aliphatic heterocycles. The molecule has 3 aromatic rings. The third-order valence-corrected chi connectivity index (χ3v) is 8.31. The Labute approximate surface area is 212 Å². The number of ether oxygens (including phenoxy) is 1. The molecule has 2 aliphatic rings. The molecule has 5 rings (SSSR count). The number of piperidine rings is 1. The van der Waals surface area contributed by atoms with Crippen LogP contribution in [0.25, 0.3) is 5.69 Å². The van der Waals surface area contributed by atoms with Crippen molar-refractivity contribution >= 4 is 17.7 Å². The minimum atomic E-state index is -0.0977. The van der Waals surface area contributed by atoms with Crippen molar-refractivity contribution in [2.75, 3.05) is 32.2 Å². The highest BCUT2D eigenvalue weighted by Gasteiger charge is 2.53. The summed E-state index contributed by atoms with van der Waals surface area (Å²) in [7, 11) is 1.79. The van der Waals surface area contributed by atoms with Crippen molar-refractivity contribution in [3.8, 4) is 5.69 Å². The normalized spacial score (nSPS) is 21.2. The maximum absolute atomic E-state index is 12.5. The minimum Gasteiger partial charge on any atom is -0.378 e. The first-order valence-corrected chi connectivity index (χ1v) is 13.7. The summed E-state index contributed by atoms with van der Waals surface area (Å²) >= 11 is 1.55. The second-order valence-corrected chi connectivity index (χ2v) is 10.6. The largest absolute Gasteiger partial charge is 0.378 e. The third-order valence-electron chi connectivity index (χ3n) is 7.76. The van der Waals surface area contributed by atoms with Gasteiger partial charge in [-0.2, -0.15) is 16.9 Å². The molecule has 2 heterocycles. The lowest BCUT2D eigenvalue weighted by atomic mass is 9.71. The standard InChI is InChI=1S/C28H34N4O2S/c1-20-17-22(32-14-6-13-29-32)10-9-21(20)18-31-15-11-28(12-16-31)24-8-5-4-7-23(24)26(27(28)34-2)30-25(33)19-35-3/h4-10,13-14,17,26-27H,11-12,15-16,18-19H2,1-3H3,(H,30,33)/t26-,27+/m1/s1. The number of carbonyl (C=O) groups is 1. The van der Waals surface area contributed by atoms with Crippen LogP contribution in [0, 0.1) is 6.92 Å². The number of hydrogen-bond acceptors (Lipinski definition) is 5. The van der Waals surface area contributed by atoms with E-state index in [4.69, 9.17) is 4.74 Å². The number of thioether (sulfide) groups is 1. The Hall–Kier alpha value is -2.61. The molecule has 1 aromatic heterocycles. The molecular weight excluding hydrogens is 456 g/mol. The average Bonchev–Trinajstić information content (AvgIpc) is 3.48. The molecule has 1 amide bonds. The van der Waals surface area contributed by atoms with Gasteiger partial charge in [-0.25, -0.2) is 4.68 Å². The molecule has 1 fully saturated rings. The Morgan fingerprint density at radius 2 is 2.00 bits per heavy atom. The number of nitrogens with zero attached hydrogens (tertiary/aromatic N) is 3. The van der Waals surface area contributed by atoms with Gasteiger partial charge >= 0.3 is 0 Å². The van der Waals surface area contributed by atoms with Crippen molar-refractivity contribution in [3.05, 3.63) is 83.2 Å². The Balaban J connectivity index is 1.32. The predicted octanol–water partition coefficient (Wildman–Crippen LogP) is 4.26. The maximum Gasteiger partial charge on any atom is 0.230 e. The summed E-state index contributed by atoms with van der Waals surface area (Å²) in [6, 6.07) is 17.0. The van der Waals surface area contributed by atoms with Crippen molar-refractivity contribution in [3.63, 3.8) is 0 Å². The van der Waals surface area contributed by atoms with Gasteiger partial charge < -0.3 is 10.1 Å². The molecule has 2 aromatic carbocycles. The smallest absolute Gasteiger partial charge is 0.230 e. The average molecular weight is 491 g/mol. The van der Waals surface area contributed by atoms with E-state index < -0.39 is 0 Å². The first-order valence-electron chi connectivity index (χ1n) is 12.3. The fourth-order valence-electron chi connectivity index (χ4n) is 6.04. The first-order chi connectivity index (χ1) is 17.1. The van der Waals surface area contributed by atoms with Gasteiger partial charge in [0.05, 0.1) is 23.6 Å². The van der Waals surface area contributed by atoms with Crippen LogP contribution in [0.1, 0.15) is 41.1 Å². The summed E-state index contributed by atoms with van der Waals surface area (Å²) < 4.78 is 8.05. The van der Waals surface area contributed by atoms with Crippen LogP contribution in [0.15, 0.2) is 60.9 Å². The number of rotatable bonds is 7. The van der Waals surface area contributed by atoms with E-state index in [0.29, 0.717) is 5.75 Å². The second-order valence-electron chi connectivity index (χ2n) is 9.72. The first kappa shape index (κ1) is 24.1. The number of carbonyl (C=O) groups excluding carboxylic acids is 1. The number of fused-ring (bicyclic) bond motifs is 2. The topological polar surface area (TPSA) is 59.4 Å². The molecule has 184 valence electrons. The molecule has 0 saturated carbocycles. The molecule has 6 nitrogen and oxygen atoms in total. The molecule has 1 saturated heterocycles. The van der Waals surface area contributed by atoms with E-state index >= 15 is 0 Å². The molecule has 2 atom stereocenters. The molecule has 7 heteroatoms. The Morgan fingerprint density at radius 3 is 2.69 bits per heavy atom. The Morgan fingerprint density at radius 1 is 1.20 bits per heavy atom. The quantitative estimate of drug-likeness (QED) is 0.536. The van der Waals surface area contributed by atoms with Gasteiger partial charge in [0.15, 0.2) is 0 Å². The van der Waals surface area contributed by atoms with Crippen LogP contribution in [0.2, 0.25) is 0 Å². The van der Waals surface area contributed by atoms with Gasteiger partial charge in [-0.1, -0.05) is 30.3 Å². The Kier molecular flexibility index (Phi) is 7.00. The molecule has 35 heavy (non-hydrogen) atoms. The summed E-state index contributed by atoms with van der Waals surface area (Å²) in [5, 5.41) is 7.63. The highest BCUT2D eigenvalue weighted by Crippen LogP contribution is 2.52. The van der Waals surface area contributed by atoms with Crippen LogP contribution in [-0.2, 0) is 21.5 Å². The summed E-state index contributed by atoms with van der Waals surface area (Å²) in [5.74, 6) is 0.539. The molecule has 0 radical (unpaired) electrons. The lowest BCUT2D eigenvalue weighted by Crippen LogP contribution is -2.50. The van der Waals surface area contributed by atoms with Gasteiger partial charge in [-0.3, -0.25) is 9.69 Å². The second kappa shape index (κ2) is 10.2. The van der Waals surface area contributed by atoms with E-state index in [1.165, 1.54) is 22.3 Å². The van der Waals surface area contributed by atoms with Crippen LogP contribution >= 0.6 is 11.8 Å². The summed E-state index contributed by atoms with van der Waals surface area (Å²) in [4.78, 5) is 15.1. The summed E-state index contributed by atoms with van der Waals surface area (Å²) in [5.41, 5.74) is 6.23. The molecule has 0 unspecified atom stereocenters. The number of benzene rings is 2. The molecule has 1 aliphatic carbocycles. The lowest BCUT2D eigenvalue weighted by Gasteiger charge is -2.44. The van der Waals surface area contributed by atoms with E-state index in [1.807, 2.05) is 23.2 Å². The van der Waals surface area contributed by atoms with Crippen molar-refractivity contribution in [1.82, 2.24) is 20.0 Å². The van der Waals surface area contributed by atoms with Gasteiger partial charge in [0, 0.05) is 31.5 Å². The zero-order valence-electron chi connectivity index (χ0n) is 20.7. The Bertz CT molecular complexity index is 1170. The van der Waals surface area contributed by atoms with Crippen LogP contribution in [0.3, 0.4) is 0 Å². The van der Waals surface area contributed by atoms with E-state index in [9.17, 15) is 4.79 Å². The van der Waals surface area contributed by atoms with Crippen molar-refractivity contribution in [2.45, 2.75) is 43.9 Å². The fourth-order valence-corrected chi connectivity index (χ4v) is 6.39. The van der Waals surface area contributed by atoms with Crippen molar-refractivity contribution in [1.29, 1.82) is 0 Å². The molecule has 1 N–H and O–H groups in total. The number of aryl methyl sites for hydroxylation is 1.